The van der Waals surface area contributed by atoms with Gasteiger partial charge in [-0.1, -0.05) is 51.9 Å². The van der Waals surface area contributed by atoms with Crippen molar-refractivity contribution in [3.8, 4) is 0 Å². The highest BCUT2D eigenvalue weighted by molar-refractivity contribution is 4.97. The van der Waals surface area contributed by atoms with Crippen LogP contribution in [0.15, 0.2) is 0 Å². The van der Waals surface area contributed by atoms with Crippen molar-refractivity contribution in [2.75, 3.05) is 6.54 Å². The zero-order valence-corrected chi connectivity index (χ0v) is 11.5. The average molecular weight is 235 g/mol. The van der Waals surface area contributed by atoms with E-state index < -0.39 is 0 Å². The molecule has 0 aromatic carbocycles. The number of hydrogen-bond donors (Lipinski definition) is 1. The van der Waals surface area contributed by atoms with Crippen LogP contribution in [0.1, 0.15) is 64.7 Å². The summed E-state index contributed by atoms with van der Waals surface area (Å²) in [5.74, 6) is 4.25. The van der Waals surface area contributed by atoms with Crippen LogP contribution in [0.2, 0.25) is 0 Å². The molecule has 0 spiro atoms. The van der Waals surface area contributed by atoms with E-state index in [0.29, 0.717) is 0 Å². The van der Waals surface area contributed by atoms with Gasteiger partial charge in [0.2, 0.25) is 0 Å². The van der Waals surface area contributed by atoms with E-state index in [0.717, 1.165) is 29.7 Å². The van der Waals surface area contributed by atoms with Crippen molar-refractivity contribution in [3.05, 3.63) is 0 Å². The van der Waals surface area contributed by atoms with Crippen molar-refractivity contribution in [3.63, 3.8) is 0 Å². The summed E-state index contributed by atoms with van der Waals surface area (Å²) in [6.07, 6.45) is 13.7. The Morgan fingerprint density at radius 1 is 0.824 bits per heavy atom. The van der Waals surface area contributed by atoms with Crippen LogP contribution < -0.4 is 5.32 Å². The predicted octanol–water partition coefficient (Wildman–Crippen LogP) is 3.98. The van der Waals surface area contributed by atoms with E-state index >= 15 is 0 Å². The summed E-state index contributed by atoms with van der Waals surface area (Å²) >= 11 is 0. The monoisotopic (exact) mass is 235 g/mol. The first-order valence-corrected chi connectivity index (χ1v) is 8.13. The van der Waals surface area contributed by atoms with Crippen molar-refractivity contribution >= 4 is 0 Å². The summed E-state index contributed by atoms with van der Waals surface area (Å²) in [6.45, 7) is 3.47. The Kier molecular flexibility index (Phi) is 3.75. The van der Waals surface area contributed by atoms with Crippen molar-refractivity contribution in [2.24, 2.45) is 23.7 Å². The summed E-state index contributed by atoms with van der Waals surface area (Å²) in [7, 11) is 0. The lowest BCUT2D eigenvalue weighted by molar-refractivity contribution is 0.0238. The third-order valence-electron chi connectivity index (χ3n) is 5.90. The van der Waals surface area contributed by atoms with Gasteiger partial charge in [0.15, 0.2) is 0 Å². The van der Waals surface area contributed by atoms with E-state index in [2.05, 4.69) is 12.2 Å². The lowest BCUT2D eigenvalue weighted by Crippen LogP contribution is -2.52. The normalized spacial score (nSPS) is 28.6. The molecule has 0 aromatic heterocycles. The van der Waals surface area contributed by atoms with E-state index in [9.17, 15) is 0 Å². The smallest absolute Gasteiger partial charge is 0.0129 e. The summed E-state index contributed by atoms with van der Waals surface area (Å²) in [5, 5.41) is 3.88. The minimum Gasteiger partial charge on any atom is -0.314 e. The predicted molar refractivity (Wildman–Crippen MR) is 73.0 cm³/mol. The van der Waals surface area contributed by atoms with E-state index in [4.69, 9.17) is 0 Å². The molecule has 98 valence electrons. The summed E-state index contributed by atoms with van der Waals surface area (Å²) in [6, 6.07) is 0.879. The molecule has 1 nitrogen and oxygen atoms in total. The van der Waals surface area contributed by atoms with Crippen molar-refractivity contribution in [2.45, 2.75) is 70.8 Å². The van der Waals surface area contributed by atoms with Gasteiger partial charge in [-0.2, -0.15) is 0 Å². The van der Waals surface area contributed by atoms with Crippen LogP contribution in [-0.2, 0) is 0 Å². The topological polar surface area (TPSA) is 12.0 Å². The van der Waals surface area contributed by atoms with E-state index in [-0.39, 0.29) is 0 Å². The fourth-order valence-corrected chi connectivity index (χ4v) is 4.27. The van der Waals surface area contributed by atoms with Crippen molar-refractivity contribution < 1.29 is 0 Å². The van der Waals surface area contributed by atoms with Crippen LogP contribution in [0.4, 0.5) is 0 Å². The molecule has 1 heteroatoms. The summed E-state index contributed by atoms with van der Waals surface area (Å²) in [5.41, 5.74) is 0. The molecule has 0 amide bonds. The Bertz CT molecular complexity index is 224. The minimum absolute atomic E-state index is 0.879. The van der Waals surface area contributed by atoms with Crippen LogP contribution in [0, 0.1) is 23.7 Å². The molecular weight excluding hydrogens is 206 g/mol. The van der Waals surface area contributed by atoms with E-state index in [1.165, 1.54) is 64.3 Å². The van der Waals surface area contributed by atoms with Gasteiger partial charge in [-0.25, -0.2) is 0 Å². The average Bonchev–Trinajstić information content (AvgIpc) is 2.07. The molecule has 0 saturated heterocycles. The van der Waals surface area contributed by atoms with Crippen LogP contribution in [0.5, 0.6) is 0 Å². The maximum Gasteiger partial charge on any atom is 0.0129 e. The first-order chi connectivity index (χ1) is 8.40. The molecule has 1 atom stereocenters. The lowest BCUT2D eigenvalue weighted by Gasteiger charge is -2.50. The molecule has 3 saturated carbocycles. The maximum atomic E-state index is 3.88. The number of nitrogens with one attached hydrogen (secondary N) is 1. The van der Waals surface area contributed by atoms with Crippen molar-refractivity contribution in [1.29, 1.82) is 0 Å². The fraction of sp³-hybridized carbons (Fsp3) is 1.00. The highest BCUT2D eigenvalue weighted by Crippen LogP contribution is 2.49. The quantitative estimate of drug-likeness (QED) is 0.734. The second-order valence-corrected chi connectivity index (χ2v) is 6.73. The number of hydrogen-bond acceptors (Lipinski definition) is 1. The van der Waals surface area contributed by atoms with Gasteiger partial charge in [-0.05, 0) is 43.1 Å². The Balaban J connectivity index is 1.68. The third-order valence-corrected chi connectivity index (χ3v) is 5.90. The van der Waals surface area contributed by atoms with Gasteiger partial charge in [0.1, 0.15) is 0 Å². The van der Waals surface area contributed by atoms with Gasteiger partial charge >= 0.3 is 0 Å². The Morgan fingerprint density at radius 3 is 1.59 bits per heavy atom. The molecule has 3 rings (SSSR count). The van der Waals surface area contributed by atoms with Crippen LogP contribution in [-0.4, -0.2) is 12.6 Å². The standard InChI is InChI=1S/C16H29N/c1-2-17-16(14-10-5-11-14)15(12-6-3-7-12)13-8-4-9-13/h12-17H,2-11H2,1H3. The van der Waals surface area contributed by atoms with Gasteiger partial charge in [-0.3, -0.25) is 0 Å². The Labute approximate surface area is 107 Å². The summed E-state index contributed by atoms with van der Waals surface area (Å²) < 4.78 is 0. The van der Waals surface area contributed by atoms with Crippen LogP contribution in [0.3, 0.4) is 0 Å². The maximum absolute atomic E-state index is 3.88. The lowest BCUT2D eigenvalue weighted by atomic mass is 9.58. The second kappa shape index (κ2) is 5.30. The van der Waals surface area contributed by atoms with Gasteiger partial charge in [0.25, 0.3) is 0 Å². The zero-order valence-electron chi connectivity index (χ0n) is 11.5. The highest BCUT2D eigenvalue weighted by Gasteiger charge is 2.43. The van der Waals surface area contributed by atoms with E-state index in [1.807, 2.05) is 0 Å². The molecule has 1 N–H and O–H groups in total. The van der Waals surface area contributed by atoms with Gasteiger partial charge < -0.3 is 5.32 Å². The zero-order chi connectivity index (χ0) is 11.7. The van der Waals surface area contributed by atoms with Gasteiger partial charge in [0, 0.05) is 6.04 Å². The first kappa shape index (κ1) is 12.0. The molecule has 0 bridgehead atoms. The van der Waals surface area contributed by atoms with Crippen molar-refractivity contribution in [1.82, 2.24) is 5.32 Å². The fourth-order valence-electron chi connectivity index (χ4n) is 4.27. The van der Waals surface area contributed by atoms with Gasteiger partial charge in [-0.15, -0.1) is 0 Å². The number of rotatable bonds is 6. The Morgan fingerprint density at radius 2 is 1.29 bits per heavy atom. The highest BCUT2D eigenvalue weighted by atomic mass is 14.9. The molecule has 0 aromatic rings. The molecule has 0 aliphatic heterocycles. The molecule has 1 unspecified atom stereocenters. The molecule has 3 aliphatic rings. The third kappa shape index (κ3) is 2.28. The second-order valence-electron chi connectivity index (χ2n) is 6.73. The van der Waals surface area contributed by atoms with Crippen LogP contribution in [0.25, 0.3) is 0 Å². The first-order valence-electron chi connectivity index (χ1n) is 8.13. The van der Waals surface area contributed by atoms with Crippen LogP contribution >= 0.6 is 0 Å². The minimum atomic E-state index is 0.879. The molecular formula is C16H29N. The van der Waals surface area contributed by atoms with Gasteiger partial charge in [0.05, 0.1) is 0 Å². The van der Waals surface area contributed by atoms with E-state index in [1.54, 1.807) is 0 Å². The SMILES string of the molecule is CCNC(C1CCC1)C(C1CCC1)C1CCC1. The molecule has 3 fully saturated rings. The molecule has 0 heterocycles. The molecule has 3 aliphatic carbocycles. The molecule has 17 heavy (non-hydrogen) atoms. The molecule has 0 radical (unpaired) electrons. The summed E-state index contributed by atoms with van der Waals surface area (Å²) in [4.78, 5) is 0. The largest absolute Gasteiger partial charge is 0.314 e. The Hall–Kier alpha value is -0.0400.